The summed E-state index contributed by atoms with van der Waals surface area (Å²) in [5.74, 6) is -2.07. The number of hydrogen-bond donors (Lipinski definition) is 1. The zero-order chi connectivity index (χ0) is 18.5. The minimum Gasteiger partial charge on any atom is -0.322 e. The van der Waals surface area contributed by atoms with Gasteiger partial charge in [-0.1, -0.05) is 12.2 Å². The summed E-state index contributed by atoms with van der Waals surface area (Å²) >= 11 is 0. The second-order valence-corrected chi connectivity index (χ2v) is 6.20. The van der Waals surface area contributed by atoms with Gasteiger partial charge in [-0.3, -0.25) is 14.7 Å². The molecule has 3 rings (SSSR count). The zero-order valence-electron chi connectivity index (χ0n) is 14.1. The summed E-state index contributed by atoms with van der Waals surface area (Å²) in [4.78, 5) is 18.3. The molecule has 1 atom stereocenters. The van der Waals surface area contributed by atoms with Gasteiger partial charge in [0, 0.05) is 25.4 Å². The number of carbonyl (C=O) groups is 1. The molecule has 0 radical (unpaired) electrons. The smallest absolute Gasteiger partial charge is 0.238 e. The van der Waals surface area contributed by atoms with Crippen molar-refractivity contribution in [3.05, 3.63) is 53.8 Å². The second kappa shape index (κ2) is 8.02. The molecule has 0 bridgehead atoms. The van der Waals surface area contributed by atoms with E-state index in [0.717, 1.165) is 23.4 Å². The van der Waals surface area contributed by atoms with Gasteiger partial charge in [0.15, 0.2) is 0 Å². The van der Waals surface area contributed by atoms with E-state index in [1.54, 1.807) is 6.20 Å². The van der Waals surface area contributed by atoms with Crippen molar-refractivity contribution in [2.75, 3.05) is 25.0 Å². The van der Waals surface area contributed by atoms with Crippen LogP contribution in [0.15, 0.2) is 47.1 Å². The minimum atomic E-state index is -0.801. The molecule has 0 fully saturated rings. The zero-order valence-corrected chi connectivity index (χ0v) is 14.1. The van der Waals surface area contributed by atoms with Crippen LogP contribution in [0.4, 0.5) is 14.5 Å². The number of anilines is 1. The molecule has 1 N–H and O–H groups in total. The summed E-state index contributed by atoms with van der Waals surface area (Å²) in [7, 11) is 0. The maximum atomic E-state index is 13.6. The fourth-order valence-electron chi connectivity index (χ4n) is 3.02. The van der Waals surface area contributed by atoms with E-state index in [-0.39, 0.29) is 24.1 Å². The maximum absolute atomic E-state index is 13.6. The Morgan fingerprint density at radius 2 is 2.27 bits per heavy atom. The van der Waals surface area contributed by atoms with E-state index in [1.807, 2.05) is 17.1 Å². The highest BCUT2D eigenvalue weighted by Gasteiger charge is 2.23. The summed E-state index contributed by atoms with van der Waals surface area (Å²) in [5, 5.41) is 11.7. The van der Waals surface area contributed by atoms with Gasteiger partial charge in [-0.05, 0) is 30.5 Å². The Labute approximate surface area is 150 Å². The first-order valence-electron chi connectivity index (χ1n) is 8.36. The van der Waals surface area contributed by atoms with Crippen LogP contribution in [0.1, 0.15) is 12.8 Å². The molecule has 0 aromatic heterocycles. The number of nitriles is 1. The summed E-state index contributed by atoms with van der Waals surface area (Å²) in [6.45, 7) is 1.30. The van der Waals surface area contributed by atoms with Crippen LogP contribution in [0.3, 0.4) is 0 Å². The average Bonchev–Trinajstić information content (AvgIpc) is 2.64. The lowest BCUT2D eigenvalue weighted by Crippen LogP contribution is -2.37. The predicted octanol–water partition coefficient (Wildman–Crippen LogP) is 3.03. The third-order valence-electron chi connectivity index (χ3n) is 4.37. The van der Waals surface area contributed by atoms with Gasteiger partial charge in [-0.15, -0.1) is 0 Å². The largest absolute Gasteiger partial charge is 0.322 e. The number of rotatable bonds is 4. The monoisotopic (exact) mass is 356 g/mol. The van der Waals surface area contributed by atoms with Crippen molar-refractivity contribution in [3.63, 3.8) is 0 Å². The fourth-order valence-corrected chi connectivity index (χ4v) is 3.02. The van der Waals surface area contributed by atoms with Gasteiger partial charge in [0.25, 0.3) is 0 Å². The molecule has 0 aliphatic carbocycles. The number of carbonyl (C=O) groups excluding carboxylic acids is 1. The summed E-state index contributed by atoms with van der Waals surface area (Å²) in [6, 6.07) is 5.30. The van der Waals surface area contributed by atoms with Gasteiger partial charge in [0.1, 0.15) is 11.6 Å². The molecule has 2 aliphatic heterocycles. The lowest BCUT2D eigenvalue weighted by atomic mass is 9.90. The van der Waals surface area contributed by atoms with Gasteiger partial charge >= 0.3 is 0 Å². The molecule has 7 heteroatoms. The lowest BCUT2D eigenvalue weighted by molar-refractivity contribution is -0.117. The Morgan fingerprint density at radius 3 is 2.96 bits per heavy atom. The molecule has 1 aromatic carbocycles. The molecule has 1 unspecified atom stereocenters. The van der Waals surface area contributed by atoms with Crippen molar-refractivity contribution in [2.24, 2.45) is 10.9 Å². The van der Waals surface area contributed by atoms with Gasteiger partial charge in [0.05, 0.1) is 29.9 Å². The molecule has 0 saturated heterocycles. The summed E-state index contributed by atoms with van der Waals surface area (Å²) < 4.78 is 26.5. The van der Waals surface area contributed by atoms with E-state index in [4.69, 9.17) is 0 Å². The van der Waals surface area contributed by atoms with Gasteiger partial charge in [-0.25, -0.2) is 8.78 Å². The lowest BCUT2D eigenvalue weighted by Gasteiger charge is -2.27. The Kier molecular flexibility index (Phi) is 5.54. The normalized spacial score (nSPS) is 20.1. The van der Waals surface area contributed by atoms with Gasteiger partial charge in [0.2, 0.25) is 5.91 Å². The molecule has 134 valence electrons. The van der Waals surface area contributed by atoms with Crippen LogP contribution in [0.25, 0.3) is 0 Å². The first-order valence-corrected chi connectivity index (χ1v) is 8.36. The fraction of sp³-hybridized carbons (Fsp3) is 0.316. The Morgan fingerprint density at radius 1 is 1.42 bits per heavy atom. The third kappa shape index (κ3) is 4.21. The molecule has 5 nitrogen and oxygen atoms in total. The number of halogens is 2. The van der Waals surface area contributed by atoms with Crippen molar-refractivity contribution < 1.29 is 13.6 Å². The van der Waals surface area contributed by atoms with Crippen molar-refractivity contribution in [3.8, 4) is 6.07 Å². The van der Waals surface area contributed by atoms with Crippen LogP contribution >= 0.6 is 0 Å². The van der Waals surface area contributed by atoms with Crippen LogP contribution in [-0.2, 0) is 4.79 Å². The topological polar surface area (TPSA) is 68.5 Å². The van der Waals surface area contributed by atoms with Crippen molar-refractivity contribution in [2.45, 2.75) is 12.8 Å². The number of amides is 1. The van der Waals surface area contributed by atoms with Crippen molar-refractivity contribution >= 4 is 17.3 Å². The molecule has 1 amide bonds. The van der Waals surface area contributed by atoms with Crippen LogP contribution < -0.4 is 5.32 Å². The quantitative estimate of drug-likeness (QED) is 0.902. The summed E-state index contributed by atoms with van der Waals surface area (Å²) in [5.41, 5.74) is 1.82. The number of allylic oxidation sites excluding steroid dienone is 1. The highest BCUT2D eigenvalue weighted by molar-refractivity contribution is 6.04. The highest BCUT2D eigenvalue weighted by atomic mass is 19.1. The molecule has 0 spiro atoms. The molecular weight excluding hydrogens is 338 g/mol. The summed E-state index contributed by atoms with van der Waals surface area (Å²) in [6.07, 6.45) is 6.95. The van der Waals surface area contributed by atoms with E-state index in [0.29, 0.717) is 25.9 Å². The molecular formula is C19H18F2N4O. The van der Waals surface area contributed by atoms with E-state index < -0.39 is 11.6 Å². The first kappa shape index (κ1) is 18.0. The van der Waals surface area contributed by atoms with Gasteiger partial charge in [-0.2, -0.15) is 5.26 Å². The highest BCUT2D eigenvalue weighted by Crippen LogP contribution is 2.22. The predicted molar refractivity (Wildman–Crippen MR) is 94.4 cm³/mol. The number of nitrogens with one attached hydrogen (secondary N) is 1. The number of aliphatic imine (C=N–C) groups is 1. The third-order valence-corrected chi connectivity index (χ3v) is 4.37. The van der Waals surface area contributed by atoms with Crippen LogP contribution in [0.5, 0.6) is 0 Å². The Hall–Kier alpha value is -2.85. The van der Waals surface area contributed by atoms with E-state index in [2.05, 4.69) is 16.4 Å². The minimum absolute atomic E-state index is 0.0372. The first-order chi connectivity index (χ1) is 12.6. The van der Waals surface area contributed by atoms with Gasteiger partial charge < -0.3 is 5.32 Å². The van der Waals surface area contributed by atoms with Crippen molar-refractivity contribution in [1.29, 1.82) is 5.26 Å². The van der Waals surface area contributed by atoms with E-state index in [9.17, 15) is 18.8 Å². The average molecular weight is 356 g/mol. The van der Waals surface area contributed by atoms with Crippen LogP contribution in [0, 0.1) is 28.9 Å². The molecule has 1 aromatic rings. The number of hydrogen-bond acceptors (Lipinski definition) is 4. The molecule has 2 heterocycles. The number of nitrogens with zero attached hydrogens (tertiary/aromatic N) is 3. The van der Waals surface area contributed by atoms with E-state index in [1.165, 1.54) is 6.07 Å². The maximum Gasteiger partial charge on any atom is 0.238 e. The van der Waals surface area contributed by atoms with E-state index >= 15 is 0 Å². The molecule has 2 aliphatic rings. The van der Waals surface area contributed by atoms with Crippen molar-refractivity contribution in [1.82, 2.24) is 4.90 Å². The number of benzene rings is 1. The Bertz CT molecular complexity index is 838. The molecule has 26 heavy (non-hydrogen) atoms. The SMILES string of the molecule is N#CC1CC=CN=C1C1=CCN(CC(=O)Nc2ccc(F)cc2F)CC1. The van der Waals surface area contributed by atoms with Crippen LogP contribution in [-0.4, -0.2) is 36.2 Å². The standard InChI is InChI=1S/C19H18F2N4O/c20-15-3-4-17(16(21)10-15)24-18(26)12-25-8-5-13(6-9-25)19-14(11-22)2-1-7-23-19/h1,3-5,7,10,14H,2,6,8-9,12H2,(H,24,26). The Balaban J connectivity index is 1.57. The second-order valence-electron chi connectivity index (χ2n) is 6.20. The molecule has 0 saturated carbocycles. The van der Waals surface area contributed by atoms with Crippen LogP contribution in [0.2, 0.25) is 0 Å².